The first-order chi connectivity index (χ1) is 8.76. The number of aromatic nitrogens is 2. The zero-order valence-electron chi connectivity index (χ0n) is 10.5. The second kappa shape index (κ2) is 5.88. The molecule has 94 valence electrons. The van der Waals surface area contributed by atoms with Crippen LogP contribution in [0.3, 0.4) is 0 Å². The maximum atomic E-state index is 8.87. The van der Waals surface area contributed by atoms with Gasteiger partial charge < -0.3 is 4.57 Å². The third-order valence-electron chi connectivity index (χ3n) is 3.01. The number of halogens is 1. The quantitative estimate of drug-likeness (QED) is 0.765. The van der Waals surface area contributed by atoms with Gasteiger partial charge in [0.1, 0.15) is 5.82 Å². The molecule has 3 nitrogen and oxygen atoms in total. The molecular formula is C14H16ClN3. The summed E-state index contributed by atoms with van der Waals surface area (Å²) in [6.45, 7) is 3.10. The molecule has 1 aromatic carbocycles. The second-order valence-electron chi connectivity index (χ2n) is 4.35. The van der Waals surface area contributed by atoms with Crippen LogP contribution in [0.15, 0.2) is 18.2 Å². The van der Waals surface area contributed by atoms with E-state index in [0.29, 0.717) is 11.4 Å². The van der Waals surface area contributed by atoms with E-state index in [1.165, 1.54) is 12.8 Å². The first-order valence-electron chi connectivity index (χ1n) is 6.28. The average molecular weight is 262 g/mol. The van der Waals surface area contributed by atoms with Gasteiger partial charge >= 0.3 is 0 Å². The average Bonchev–Trinajstić information content (AvgIpc) is 2.67. The van der Waals surface area contributed by atoms with Crippen molar-refractivity contribution >= 4 is 22.6 Å². The Morgan fingerprint density at radius 2 is 2.22 bits per heavy atom. The third-order valence-corrected chi connectivity index (χ3v) is 3.25. The summed E-state index contributed by atoms with van der Waals surface area (Å²) >= 11 is 5.97. The number of imidazole rings is 1. The van der Waals surface area contributed by atoms with Crippen molar-refractivity contribution in [1.29, 1.82) is 5.26 Å². The molecule has 0 radical (unpaired) electrons. The molecule has 1 heterocycles. The maximum absolute atomic E-state index is 8.87. The minimum atomic E-state index is 0.346. The fraction of sp³-hybridized carbons (Fsp3) is 0.429. The highest BCUT2D eigenvalue weighted by Crippen LogP contribution is 2.21. The Morgan fingerprint density at radius 3 is 2.94 bits per heavy atom. The summed E-state index contributed by atoms with van der Waals surface area (Å²) in [5, 5.41) is 9.55. The lowest BCUT2D eigenvalue weighted by atomic mass is 10.2. The van der Waals surface area contributed by atoms with Crippen LogP contribution < -0.4 is 0 Å². The molecule has 18 heavy (non-hydrogen) atoms. The molecular weight excluding hydrogens is 246 g/mol. The Kier molecular flexibility index (Phi) is 4.22. The van der Waals surface area contributed by atoms with Gasteiger partial charge in [0, 0.05) is 11.6 Å². The topological polar surface area (TPSA) is 41.6 Å². The van der Waals surface area contributed by atoms with E-state index in [9.17, 15) is 0 Å². The molecule has 0 unspecified atom stereocenters. The van der Waals surface area contributed by atoms with Gasteiger partial charge in [-0.1, -0.05) is 31.4 Å². The van der Waals surface area contributed by atoms with Crippen LogP contribution in [0, 0.1) is 11.3 Å². The minimum absolute atomic E-state index is 0.346. The Balaban J connectivity index is 2.39. The molecule has 0 amide bonds. The van der Waals surface area contributed by atoms with Crippen molar-refractivity contribution < 1.29 is 0 Å². The Hall–Kier alpha value is -1.53. The van der Waals surface area contributed by atoms with Crippen molar-refractivity contribution in [1.82, 2.24) is 9.55 Å². The van der Waals surface area contributed by atoms with Gasteiger partial charge in [-0.25, -0.2) is 4.98 Å². The van der Waals surface area contributed by atoms with Crippen molar-refractivity contribution in [3.05, 3.63) is 29.0 Å². The van der Waals surface area contributed by atoms with Crippen molar-refractivity contribution in [2.45, 2.75) is 39.2 Å². The van der Waals surface area contributed by atoms with Gasteiger partial charge in [0.25, 0.3) is 0 Å². The van der Waals surface area contributed by atoms with Crippen molar-refractivity contribution in [3.8, 4) is 6.07 Å². The van der Waals surface area contributed by atoms with Gasteiger partial charge in [0.05, 0.1) is 23.5 Å². The van der Waals surface area contributed by atoms with Crippen LogP contribution in [0.5, 0.6) is 0 Å². The van der Waals surface area contributed by atoms with Crippen LogP contribution in [0.2, 0.25) is 5.02 Å². The highest BCUT2D eigenvalue weighted by molar-refractivity contribution is 6.31. The third kappa shape index (κ3) is 2.65. The lowest BCUT2D eigenvalue weighted by Crippen LogP contribution is -2.03. The summed E-state index contributed by atoms with van der Waals surface area (Å²) in [6.07, 6.45) is 3.84. The van der Waals surface area contributed by atoms with Crippen molar-refractivity contribution in [3.63, 3.8) is 0 Å². The normalized spacial score (nSPS) is 10.7. The van der Waals surface area contributed by atoms with E-state index >= 15 is 0 Å². The summed E-state index contributed by atoms with van der Waals surface area (Å²) in [6, 6.07) is 7.89. The molecule has 0 bridgehead atoms. The molecule has 0 spiro atoms. The molecule has 1 aromatic heterocycles. The van der Waals surface area contributed by atoms with Crippen LogP contribution in [0.4, 0.5) is 0 Å². The molecule has 0 aliphatic carbocycles. The number of unbranched alkanes of at least 4 members (excludes halogenated alkanes) is 2. The molecule has 0 N–H and O–H groups in total. The summed E-state index contributed by atoms with van der Waals surface area (Å²) in [5.41, 5.74) is 1.95. The lowest BCUT2D eigenvalue weighted by molar-refractivity contribution is 0.598. The fourth-order valence-corrected chi connectivity index (χ4v) is 2.29. The van der Waals surface area contributed by atoms with Crippen LogP contribution in [0.25, 0.3) is 11.0 Å². The van der Waals surface area contributed by atoms with E-state index in [1.54, 1.807) is 0 Å². The van der Waals surface area contributed by atoms with E-state index < -0.39 is 0 Å². The summed E-state index contributed by atoms with van der Waals surface area (Å²) in [5.74, 6) is 0.839. The number of benzene rings is 1. The highest BCUT2D eigenvalue weighted by Gasteiger charge is 2.10. The first-order valence-corrected chi connectivity index (χ1v) is 6.65. The number of nitrogens with zero attached hydrogens (tertiary/aromatic N) is 3. The summed E-state index contributed by atoms with van der Waals surface area (Å²) in [4.78, 5) is 4.50. The lowest BCUT2D eigenvalue weighted by Gasteiger charge is -2.06. The Morgan fingerprint density at radius 1 is 1.39 bits per heavy atom. The Labute approximate surface area is 112 Å². The predicted octanol–water partition coefficient (Wildman–Crippen LogP) is 3.95. The number of hydrogen-bond donors (Lipinski definition) is 0. The zero-order chi connectivity index (χ0) is 13.0. The fourth-order valence-electron chi connectivity index (χ4n) is 2.13. The number of rotatable bonds is 5. The maximum Gasteiger partial charge on any atom is 0.124 e. The number of nitriles is 1. The molecule has 0 fully saturated rings. The van der Waals surface area contributed by atoms with Crippen LogP contribution in [0.1, 0.15) is 32.0 Å². The van der Waals surface area contributed by atoms with Gasteiger partial charge in [-0.2, -0.15) is 5.26 Å². The number of aryl methyl sites for hydroxylation is 1. The van der Waals surface area contributed by atoms with Crippen molar-refractivity contribution in [2.24, 2.45) is 0 Å². The van der Waals surface area contributed by atoms with Crippen LogP contribution in [-0.2, 0) is 13.0 Å². The zero-order valence-corrected chi connectivity index (χ0v) is 11.2. The van der Waals surface area contributed by atoms with E-state index in [1.807, 2.05) is 18.2 Å². The van der Waals surface area contributed by atoms with E-state index in [0.717, 1.165) is 29.8 Å². The smallest absolute Gasteiger partial charge is 0.124 e. The van der Waals surface area contributed by atoms with Gasteiger partial charge in [-0.05, 0) is 24.6 Å². The molecule has 0 saturated carbocycles. The van der Waals surface area contributed by atoms with Crippen LogP contribution >= 0.6 is 11.6 Å². The largest absolute Gasteiger partial charge is 0.327 e. The van der Waals surface area contributed by atoms with Gasteiger partial charge in [0.2, 0.25) is 0 Å². The van der Waals surface area contributed by atoms with Gasteiger partial charge in [-0.15, -0.1) is 0 Å². The van der Waals surface area contributed by atoms with E-state index in [2.05, 4.69) is 22.5 Å². The molecule has 2 rings (SSSR count). The first kappa shape index (κ1) is 12.9. The summed E-state index contributed by atoms with van der Waals surface area (Å²) < 4.78 is 2.14. The standard InChI is InChI=1S/C14H16ClN3/c1-2-3-4-9-18-13-6-5-11(15)10-12(13)17-14(18)7-8-16/h5-6,10H,2-4,7,9H2,1H3. The number of hydrogen-bond acceptors (Lipinski definition) is 2. The van der Waals surface area contributed by atoms with Crippen LogP contribution in [-0.4, -0.2) is 9.55 Å². The van der Waals surface area contributed by atoms with E-state index in [4.69, 9.17) is 16.9 Å². The highest BCUT2D eigenvalue weighted by atomic mass is 35.5. The SMILES string of the molecule is CCCCCn1c(CC#N)nc2cc(Cl)ccc21. The predicted molar refractivity (Wildman–Crippen MR) is 73.6 cm³/mol. The molecule has 2 aromatic rings. The molecule has 0 aliphatic heterocycles. The summed E-state index contributed by atoms with van der Waals surface area (Å²) in [7, 11) is 0. The van der Waals surface area contributed by atoms with Crippen molar-refractivity contribution in [2.75, 3.05) is 0 Å². The molecule has 0 saturated heterocycles. The Bertz CT molecular complexity index is 580. The second-order valence-corrected chi connectivity index (χ2v) is 4.79. The number of fused-ring (bicyclic) bond motifs is 1. The molecule has 0 aliphatic rings. The van der Waals surface area contributed by atoms with E-state index in [-0.39, 0.29) is 0 Å². The molecule has 0 atom stereocenters. The van der Waals surface area contributed by atoms with Gasteiger partial charge in [-0.3, -0.25) is 0 Å². The minimum Gasteiger partial charge on any atom is -0.327 e. The van der Waals surface area contributed by atoms with Gasteiger partial charge in [0.15, 0.2) is 0 Å². The molecule has 4 heteroatoms. The monoisotopic (exact) mass is 261 g/mol.